The van der Waals surface area contributed by atoms with E-state index in [-0.39, 0.29) is 18.0 Å². The summed E-state index contributed by atoms with van der Waals surface area (Å²) in [6.07, 6.45) is -1.03. The summed E-state index contributed by atoms with van der Waals surface area (Å²) in [5.74, 6) is -3.42. The fourth-order valence-corrected chi connectivity index (χ4v) is 1.05. The third-order valence-electron chi connectivity index (χ3n) is 1.92. The lowest BCUT2D eigenvalue weighted by Gasteiger charge is -2.15. The van der Waals surface area contributed by atoms with Crippen molar-refractivity contribution in [1.82, 2.24) is 0 Å². The number of benzene rings is 1. The fourth-order valence-electron chi connectivity index (χ4n) is 1.05. The first-order chi connectivity index (χ1) is 6.43. The summed E-state index contributed by atoms with van der Waals surface area (Å²) in [5.41, 5.74) is 5.14. The number of hydrogen-bond donors (Lipinski definition) is 2. The number of nitrogens with two attached hydrogens (primary N) is 1. The average Bonchev–Trinajstić information content (AvgIpc) is 2.10. The summed E-state index contributed by atoms with van der Waals surface area (Å²) < 4.78 is 38.3. The molecule has 0 saturated carbocycles. The SMILES string of the molecule is C[C@H](O)[C@H](N)c1cc(F)c(F)cc1F.Cl. The van der Waals surface area contributed by atoms with E-state index < -0.39 is 29.6 Å². The Hall–Kier alpha value is -0.780. The predicted molar refractivity (Wildman–Crippen MR) is 52.2 cm³/mol. The van der Waals surface area contributed by atoms with Crippen molar-refractivity contribution in [2.24, 2.45) is 5.73 Å². The zero-order valence-corrected chi connectivity index (χ0v) is 8.69. The summed E-state index contributed by atoms with van der Waals surface area (Å²) in [5, 5.41) is 9.05. The van der Waals surface area contributed by atoms with Gasteiger partial charge in [-0.05, 0) is 13.0 Å². The summed E-state index contributed by atoms with van der Waals surface area (Å²) >= 11 is 0. The third kappa shape index (κ3) is 3.09. The maximum Gasteiger partial charge on any atom is 0.161 e. The van der Waals surface area contributed by atoms with Crippen LogP contribution in [0.3, 0.4) is 0 Å². The van der Waals surface area contributed by atoms with E-state index in [9.17, 15) is 13.2 Å². The van der Waals surface area contributed by atoms with Gasteiger partial charge >= 0.3 is 0 Å². The normalized spacial score (nSPS) is 14.3. The molecule has 0 fully saturated rings. The van der Waals surface area contributed by atoms with Crippen LogP contribution in [-0.4, -0.2) is 11.2 Å². The molecule has 86 valence electrons. The molecule has 15 heavy (non-hydrogen) atoms. The number of aliphatic hydroxyl groups excluding tert-OH is 1. The van der Waals surface area contributed by atoms with Crippen molar-refractivity contribution in [1.29, 1.82) is 0 Å². The fraction of sp³-hybridized carbons (Fsp3) is 0.333. The lowest BCUT2D eigenvalue weighted by molar-refractivity contribution is 0.162. The van der Waals surface area contributed by atoms with Gasteiger partial charge in [0.15, 0.2) is 11.6 Å². The van der Waals surface area contributed by atoms with Gasteiger partial charge in [-0.15, -0.1) is 12.4 Å². The molecular weight excluding hydrogens is 231 g/mol. The van der Waals surface area contributed by atoms with E-state index in [2.05, 4.69) is 0 Å². The van der Waals surface area contributed by atoms with Gasteiger partial charge in [0.1, 0.15) is 5.82 Å². The van der Waals surface area contributed by atoms with E-state index in [1.54, 1.807) is 0 Å². The summed E-state index contributed by atoms with van der Waals surface area (Å²) in [4.78, 5) is 0. The molecule has 0 amide bonds. The molecule has 0 spiro atoms. The molecule has 0 saturated heterocycles. The maximum atomic E-state index is 13.0. The highest BCUT2D eigenvalue weighted by atomic mass is 35.5. The largest absolute Gasteiger partial charge is 0.391 e. The molecule has 2 nitrogen and oxygen atoms in total. The molecular formula is C9H11ClF3NO. The average molecular weight is 242 g/mol. The second-order valence-corrected chi connectivity index (χ2v) is 3.05. The minimum absolute atomic E-state index is 0. The van der Waals surface area contributed by atoms with Crippen LogP contribution in [0.15, 0.2) is 12.1 Å². The summed E-state index contributed by atoms with van der Waals surface area (Å²) in [7, 11) is 0. The van der Waals surface area contributed by atoms with Crippen molar-refractivity contribution in [3.8, 4) is 0 Å². The molecule has 1 aromatic carbocycles. The molecule has 0 radical (unpaired) electrons. The Kier molecular flexibility index (Phi) is 5.07. The number of hydrogen-bond acceptors (Lipinski definition) is 2. The van der Waals surface area contributed by atoms with Crippen LogP contribution in [0.5, 0.6) is 0 Å². The highest BCUT2D eigenvalue weighted by Gasteiger charge is 2.19. The highest BCUT2D eigenvalue weighted by molar-refractivity contribution is 5.85. The molecule has 0 aliphatic carbocycles. The van der Waals surface area contributed by atoms with Gasteiger partial charge in [-0.25, -0.2) is 13.2 Å². The molecule has 0 heterocycles. The smallest absolute Gasteiger partial charge is 0.161 e. The Labute approximate surface area is 91.3 Å². The van der Waals surface area contributed by atoms with Crippen LogP contribution in [0.4, 0.5) is 13.2 Å². The van der Waals surface area contributed by atoms with E-state index in [1.807, 2.05) is 0 Å². The van der Waals surface area contributed by atoms with Crippen molar-refractivity contribution in [3.63, 3.8) is 0 Å². The molecule has 0 bridgehead atoms. The Morgan fingerprint density at radius 2 is 1.60 bits per heavy atom. The molecule has 2 atom stereocenters. The maximum absolute atomic E-state index is 13.0. The van der Waals surface area contributed by atoms with Gasteiger partial charge in [0.25, 0.3) is 0 Å². The van der Waals surface area contributed by atoms with Crippen molar-refractivity contribution in [2.75, 3.05) is 0 Å². The first kappa shape index (κ1) is 14.2. The van der Waals surface area contributed by atoms with Crippen molar-refractivity contribution < 1.29 is 18.3 Å². The standard InChI is InChI=1S/C9H10F3NO.ClH/c1-4(14)9(13)5-2-7(11)8(12)3-6(5)10;/h2-4,9,14H,13H2,1H3;1H/t4-,9-;/m0./s1. The summed E-state index contributed by atoms with van der Waals surface area (Å²) in [6.45, 7) is 1.34. The summed E-state index contributed by atoms with van der Waals surface area (Å²) in [6, 6.07) is -0.000278. The number of aliphatic hydroxyl groups is 1. The zero-order chi connectivity index (χ0) is 10.9. The van der Waals surface area contributed by atoms with Gasteiger partial charge in [0, 0.05) is 11.6 Å². The molecule has 6 heteroatoms. The van der Waals surface area contributed by atoms with Gasteiger partial charge in [0.2, 0.25) is 0 Å². The number of halogens is 4. The van der Waals surface area contributed by atoms with E-state index in [1.165, 1.54) is 6.92 Å². The quantitative estimate of drug-likeness (QED) is 0.777. The van der Waals surface area contributed by atoms with E-state index in [4.69, 9.17) is 10.8 Å². The molecule has 1 aromatic rings. The first-order valence-corrected chi connectivity index (χ1v) is 4.01. The lowest BCUT2D eigenvalue weighted by atomic mass is 10.0. The van der Waals surface area contributed by atoms with E-state index in [0.717, 1.165) is 0 Å². The second kappa shape index (κ2) is 5.34. The molecule has 0 unspecified atom stereocenters. The van der Waals surface area contributed by atoms with Gasteiger partial charge < -0.3 is 10.8 Å². The van der Waals surface area contributed by atoms with Crippen LogP contribution in [0, 0.1) is 17.5 Å². The molecule has 1 rings (SSSR count). The van der Waals surface area contributed by atoms with Crippen LogP contribution in [0.2, 0.25) is 0 Å². The Balaban J connectivity index is 0.00000196. The predicted octanol–water partition coefficient (Wildman–Crippen LogP) is 1.91. The van der Waals surface area contributed by atoms with Crippen LogP contribution in [-0.2, 0) is 0 Å². The monoisotopic (exact) mass is 241 g/mol. The van der Waals surface area contributed by atoms with Crippen LogP contribution < -0.4 is 5.73 Å². The Morgan fingerprint density at radius 3 is 2.07 bits per heavy atom. The zero-order valence-electron chi connectivity index (χ0n) is 7.88. The van der Waals surface area contributed by atoms with E-state index in [0.29, 0.717) is 12.1 Å². The Bertz CT molecular complexity index is 346. The van der Waals surface area contributed by atoms with E-state index >= 15 is 0 Å². The molecule has 0 aliphatic heterocycles. The Morgan fingerprint density at radius 1 is 1.13 bits per heavy atom. The van der Waals surface area contributed by atoms with Crippen LogP contribution >= 0.6 is 12.4 Å². The molecule has 0 aliphatic rings. The number of rotatable bonds is 2. The topological polar surface area (TPSA) is 46.2 Å². The molecule has 3 N–H and O–H groups in total. The van der Waals surface area contributed by atoms with Gasteiger partial charge in [-0.1, -0.05) is 0 Å². The van der Waals surface area contributed by atoms with Gasteiger partial charge in [-0.3, -0.25) is 0 Å². The van der Waals surface area contributed by atoms with Gasteiger partial charge in [0.05, 0.1) is 12.1 Å². The lowest BCUT2D eigenvalue weighted by Crippen LogP contribution is -2.24. The van der Waals surface area contributed by atoms with Crippen LogP contribution in [0.25, 0.3) is 0 Å². The van der Waals surface area contributed by atoms with Crippen molar-refractivity contribution >= 4 is 12.4 Å². The van der Waals surface area contributed by atoms with Gasteiger partial charge in [-0.2, -0.15) is 0 Å². The minimum atomic E-state index is -1.27. The third-order valence-corrected chi connectivity index (χ3v) is 1.92. The minimum Gasteiger partial charge on any atom is -0.391 e. The van der Waals surface area contributed by atoms with Crippen molar-refractivity contribution in [2.45, 2.75) is 19.1 Å². The van der Waals surface area contributed by atoms with Crippen molar-refractivity contribution in [3.05, 3.63) is 35.1 Å². The second-order valence-electron chi connectivity index (χ2n) is 3.05. The highest BCUT2D eigenvalue weighted by Crippen LogP contribution is 2.20. The molecule has 0 aromatic heterocycles. The first-order valence-electron chi connectivity index (χ1n) is 4.01. The van der Waals surface area contributed by atoms with Crippen LogP contribution in [0.1, 0.15) is 18.5 Å².